The van der Waals surface area contributed by atoms with Crippen LogP contribution in [0.1, 0.15) is 5.69 Å². The Kier molecular flexibility index (Phi) is 3.41. The molecule has 2 aromatic rings. The van der Waals surface area contributed by atoms with Crippen LogP contribution < -0.4 is 5.32 Å². The van der Waals surface area contributed by atoms with Crippen LogP contribution in [0.2, 0.25) is 0 Å². The molecule has 0 spiro atoms. The number of hydrogen-bond acceptors (Lipinski definition) is 2. The van der Waals surface area contributed by atoms with Gasteiger partial charge in [-0.1, -0.05) is 28.1 Å². The first-order valence-electron chi connectivity index (χ1n) is 5.14. The standard InChI is InChI=1S/C12H14BrN3/c1-14-8-12-11(7-15-16(12)2)9-4-3-5-10(13)6-9/h3-7,14H,8H2,1-2H3. The van der Waals surface area contributed by atoms with Crippen molar-refractivity contribution in [1.29, 1.82) is 0 Å². The molecule has 1 N–H and O–H groups in total. The van der Waals surface area contributed by atoms with Crippen LogP contribution >= 0.6 is 15.9 Å². The van der Waals surface area contributed by atoms with Crippen LogP contribution in [-0.4, -0.2) is 16.8 Å². The summed E-state index contributed by atoms with van der Waals surface area (Å²) in [5.41, 5.74) is 3.56. The largest absolute Gasteiger partial charge is 0.314 e. The molecule has 0 aliphatic rings. The summed E-state index contributed by atoms with van der Waals surface area (Å²) >= 11 is 3.49. The van der Waals surface area contributed by atoms with Crippen LogP contribution in [0.25, 0.3) is 11.1 Å². The maximum Gasteiger partial charge on any atom is 0.0597 e. The Bertz CT molecular complexity index is 491. The third kappa shape index (κ3) is 2.18. The van der Waals surface area contributed by atoms with E-state index in [1.807, 2.05) is 37.1 Å². The van der Waals surface area contributed by atoms with Crippen molar-refractivity contribution in [3.8, 4) is 11.1 Å². The number of aryl methyl sites for hydroxylation is 1. The normalized spacial score (nSPS) is 10.7. The molecule has 0 atom stereocenters. The molecule has 1 heterocycles. The highest BCUT2D eigenvalue weighted by atomic mass is 79.9. The van der Waals surface area contributed by atoms with Crippen LogP contribution in [0.4, 0.5) is 0 Å². The Hall–Kier alpha value is -1.13. The number of hydrogen-bond donors (Lipinski definition) is 1. The fraction of sp³-hybridized carbons (Fsp3) is 0.250. The van der Waals surface area contributed by atoms with Crippen LogP contribution in [0, 0.1) is 0 Å². The van der Waals surface area contributed by atoms with E-state index in [1.54, 1.807) is 0 Å². The first kappa shape index (κ1) is 11.4. The maximum atomic E-state index is 4.30. The van der Waals surface area contributed by atoms with Crippen molar-refractivity contribution >= 4 is 15.9 Å². The number of rotatable bonds is 3. The molecule has 16 heavy (non-hydrogen) atoms. The van der Waals surface area contributed by atoms with Gasteiger partial charge in [-0.05, 0) is 24.7 Å². The van der Waals surface area contributed by atoms with Gasteiger partial charge in [0.05, 0.1) is 11.9 Å². The number of nitrogens with zero attached hydrogens (tertiary/aromatic N) is 2. The highest BCUT2D eigenvalue weighted by Crippen LogP contribution is 2.25. The number of benzene rings is 1. The number of halogens is 1. The Labute approximate surface area is 104 Å². The average Bonchev–Trinajstić information content (AvgIpc) is 2.61. The molecule has 4 heteroatoms. The third-order valence-electron chi connectivity index (χ3n) is 2.54. The molecule has 1 aromatic carbocycles. The van der Waals surface area contributed by atoms with Crippen LogP contribution in [0.15, 0.2) is 34.9 Å². The van der Waals surface area contributed by atoms with E-state index in [0.29, 0.717) is 0 Å². The molecule has 0 bridgehead atoms. The molecule has 84 valence electrons. The van der Waals surface area contributed by atoms with Gasteiger partial charge in [0.2, 0.25) is 0 Å². The number of nitrogens with one attached hydrogen (secondary N) is 1. The van der Waals surface area contributed by atoms with Crippen LogP contribution in [0.3, 0.4) is 0 Å². The van der Waals surface area contributed by atoms with Crippen LogP contribution in [-0.2, 0) is 13.6 Å². The monoisotopic (exact) mass is 279 g/mol. The van der Waals surface area contributed by atoms with Crippen molar-refractivity contribution in [2.24, 2.45) is 7.05 Å². The highest BCUT2D eigenvalue weighted by molar-refractivity contribution is 9.10. The quantitative estimate of drug-likeness (QED) is 0.936. The Morgan fingerprint density at radius 2 is 2.25 bits per heavy atom. The second-order valence-electron chi connectivity index (χ2n) is 3.67. The van der Waals surface area contributed by atoms with Gasteiger partial charge in [-0.15, -0.1) is 0 Å². The summed E-state index contributed by atoms with van der Waals surface area (Å²) in [4.78, 5) is 0. The second-order valence-corrected chi connectivity index (χ2v) is 4.58. The smallest absolute Gasteiger partial charge is 0.0597 e. The molecule has 0 aliphatic carbocycles. The summed E-state index contributed by atoms with van der Waals surface area (Å²) in [5.74, 6) is 0. The molecule has 2 rings (SSSR count). The first-order valence-corrected chi connectivity index (χ1v) is 5.93. The van der Waals surface area contributed by atoms with Crippen molar-refractivity contribution in [3.63, 3.8) is 0 Å². The van der Waals surface area contributed by atoms with Crippen molar-refractivity contribution in [1.82, 2.24) is 15.1 Å². The van der Waals surface area contributed by atoms with Crippen LogP contribution in [0.5, 0.6) is 0 Å². The Morgan fingerprint density at radius 3 is 2.94 bits per heavy atom. The lowest BCUT2D eigenvalue weighted by Crippen LogP contribution is -2.10. The minimum absolute atomic E-state index is 0.818. The minimum Gasteiger partial charge on any atom is -0.314 e. The van der Waals surface area contributed by atoms with E-state index in [0.717, 1.165) is 11.0 Å². The zero-order chi connectivity index (χ0) is 11.5. The van der Waals surface area contributed by atoms with E-state index >= 15 is 0 Å². The number of aromatic nitrogens is 2. The van der Waals surface area contributed by atoms with E-state index in [-0.39, 0.29) is 0 Å². The van der Waals surface area contributed by atoms with Gasteiger partial charge in [-0.3, -0.25) is 4.68 Å². The average molecular weight is 280 g/mol. The third-order valence-corrected chi connectivity index (χ3v) is 3.03. The van der Waals surface area contributed by atoms with E-state index in [1.165, 1.54) is 16.8 Å². The molecular formula is C12H14BrN3. The predicted molar refractivity (Wildman–Crippen MR) is 69.1 cm³/mol. The lowest BCUT2D eigenvalue weighted by atomic mass is 10.1. The van der Waals surface area contributed by atoms with Crippen molar-refractivity contribution in [2.45, 2.75) is 6.54 Å². The SMILES string of the molecule is CNCc1c(-c2cccc(Br)c2)cnn1C. The van der Waals surface area contributed by atoms with E-state index < -0.39 is 0 Å². The fourth-order valence-corrected chi connectivity index (χ4v) is 2.14. The summed E-state index contributed by atoms with van der Waals surface area (Å²) in [6.07, 6.45) is 1.91. The molecule has 0 aliphatic heterocycles. The van der Waals surface area contributed by atoms with E-state index in [9.17, 15) is 0 Å². The molecule has 0 unspecified atom stereocenters. The summed E-state index contributed by atoms with van der Waals surface area (Å²) in [5, 5.41) is 7.47. The summed E-state index contributed by atoms with van der Waals surface area (Å²) in [6.45, 7) is 0.818. The molecule has 0 amide bonds. The predicted octanol–water partition coefficient (Wildman–Crippen LogP) is 2.57. The van der Waals surface area contributed by atoms with Gasteiger partial charge in [0.25, 0.3) is 0 Å². The Morgan fingerprint density at radius 1 is 1.44 bits per heavy atom. The minimum atomic E-state index is 0.818. The lowest BCUT2D eigenvalue weighted by Gasteiger charge is -2.05. The second kappa shape index (κ2) is 4.80. The van der Waals surface area contributed by atoms with Crippen molar-refractivity contribution in [2.75, 3.05) is 7.05 Å². The molecule has 3 nitrogen and oxygen atoms in total. The van der Waals surface area contributed by atoms with E-state index in [4.69, 9.17) is 0 Å². The topological polar surface area (TPSA) is 29.9 Å². The molecule has 0 saturated heterocycles. The highest BCUT2D eigenvalue weighted by Gasteiger charge is 2.09. The molecular weight excluding hydrogens is 266 g/mol. The molecule has 0 radical (unpaired) electrons. The zero-order valence-corrected chi connectivity index (χ0v) is 11.0. The zero-order valence-electron chi connectivity index (χ0n) is 9.37. The summed E-state index contributed by atoms with van der Waals surface area (Å²) in [6, 6.07) is 8.27. The van der Waals surface area contributed by atoms with Gasteiger partial charge < -0.3 is 5.32 Å². The van der Waals surface area contributed by atoms with Gasteiger partial charge in [0.1, 0.15) is 0 Å². The van der Waals surface area contributed by atoms with E-state index in [2.05, 4.69) is 38.5 Å². The maximum absolute atomic E-state index is 4.30. The fourth-order valence-electron chi connectivity index (χ4n) is 1.74. The van der Waals surface area contributed by atoms with Gasteiger partial charge in [0, 0.05) is 23.6 Å². The summed E-state index contributed by atoms with van der Waals surface area (Å²) < 4.78 is 3.00. The molecule has 0 saturated carbocycles. The van der Waals surface area contributed by atoms with Crippen molar-refractivity contribution in [3.05, 3.63) is 40.6 Å². The van der Waals surface area contributed by atoms with Gasteiger partial charge in [-0.25, -0.2) is 0 Å². The first-order chi connectivity index (χ1) is 7.72. The summed E-state index contributed by atoms with van der Waals surface area (Å²) in [7, 11) is 3.91. The molecule has 0 fully saturated rings. The van der Waals surface area contributed by atoms with Gasteiger partial charge in [0.15, 0.2) is 0 Å². The Balaban J connectivity index is 2.47. The van der Waals surface area contributed by atoms with Gasteiger partial charge in [-0.2, -0.15) is 5.10 Å². The van der Waals surface area contributed by atoms with Gasteiger partial charge >= 0.3 is 0 Å². The molecule has 1 aromatic heterocycles. The lowest BCUT2D eigenvalue weighted by molar-refractivity contribution is 0.673. The van der Waals surface area contributed by atoms with Crippen molar-refractivity contribution < 1.29 is 0 Å².